The summed E-state index contributed by atoms with van der Waals surface area (Å²) < 4.78 is 41.2. The number of benzene rings is 2. The van der Waals surface area contributed by atoms with Crippen LogP contribution in [0.15, 0.2) is 59.6 Å². The number of rotatable bonds is 7. The zero-order valence-electron chi connectivity index (χ0n) is 19.5. The zero-order chi connectivity index (χ0) is 24.3. The Hall–Kier alpha value is -3.08. The number of piperidine rings is 1. The first-order valence-electron chi connectivity index (χ1n) is 11.1. The number of aromatic nitrogens is 2. The van der Waals surface area contributed by atoms with Crippen LogP contribution in [-0.2, 0) is 10.0 Å². The number of anilines is 4. The summed E-state index contributed by atoms with van der Waals surface area (Å²) in [5.74, 6) is 0.629. The molecule has 1 aliphatic rings. The second kappa shape index (κ2) is 10.0. The van der Waals surface area contributed by atoms with Gasteiger partial charge in [-0.1, -0.05) is 0 Å². The molecule has 34 heavy (non-hydrogen) atoms. The van der Waals surface area contributed by atoms with Gasteiger partial charge in [0.2, 0.25) is 16.0 Å². The van der Waals surface area contributed by atoms with E-state index in [0.717, 1.165) is 25.9 Å². The number of hydrogen-bond acceptors (Lipinski definition) is 7. The Balaban J connectivity index is 1.43. The molecular formula is C24H29FN6O2S. The summed E-state index contributed by atoms with van der Waals surface area (Å²) in [4.78, 5) is 11.1. The molecular weight excluding hydrogens is 455 g/mol. The summed E-state index contributed by atoms with van der Waals surface area (Å²) in [5, 5.41) is 6.22. The number of sulfonamides is 1. The quantitative estimate of drug-likeness (QED) is 0.521. The Labute approximate surface area is 199 Å². The van der Waals surface area contributed by atoms with Crippen molar-refractivity contribution in [3.05, 3.63) is 66.1 Å². The number of aryl methyl sites for hydroxylation is 1. The maximum Gasteiger partial charge on any atom is 0.243 e. The normalized spacial score (nSPS) is 15.4. The first-order chi connectivity index (χ1) is 16.2. The van der Waals surface area contributed by atoms with Gasteiger partial charge in [-0.25, -0.2) is 17.8 Å². The van der Waals surface area contributed by atoms with Crippen LogP contribution in [0, 0.1) is 12.7 Å². The zero-order valence-corrected chi connectivity index (χ0v) is 20.3. The maximum atomic E-state index is 13.5. The van der Waals surface area contributed by atoms with Crippen molar-refractivity contribution in [2.75, 3.05) is 37.8 Å². The van der Waals surface area contributed by atoms with Crippen LogP contribution in [0.3, 0.4) is 0 Å². The molecule has 2 aromatic carbocycles. The molecule has 10 heteroatoms. The van der Waals surface area contributed by atoms with Crippen molar-refractivity contribution in [3.8, 4) is 0 Å². The molecule has 180 valence electrons. The second-order valence-corrected chi connectivity index (χ2v) is 10.6. The third kappa shape index (κ3) is 5.52. The van der Waals surface area contributed by atoms with Gasteiger partial charge in [-0.15, -0.1) is 0 Å². The number of halogens is 1. The molecule has 0 aliphatic carbocycles. The van der Waals surface area contributed by atoms with E-state index in [0.29, 0.717) is 28.7 Å². The SMILES string of the molecule is Cc1cc(Nc2ccnc(Nc3ccc(S(=O)(=O)N(C)C4CCN(C)CC4)cc3)n2)ccc1F. The number of likely N-dealkylation sites (tertiary alicyclic amines) is 1. The average molecular weight is 485 g/mol. The van der Waals surface area contributed by atoms with Crippen LogP contribution in [0.25, 0.3) is 0 Å². The number of nitrogens with zero attached hydrogens (tertiary/aromatic N) is 4. The summed E-state index contributed by atoms with van der Waals surface area (Å²) in [6, 6.07) is 13.0. The molecule has 0 atom stereocenters. The van der Waals surface area contributed by atoms with Gasteiger partial charge in [0, 0.05) is 30.7 Å². The predicted molar refractivity (Wildman–Crippen MR) is 132 cm³/mol. The summed E-state index contributed by atoms with van der Waals surface area (Å²) in [7, 11) is 0.136. The van der Waals surface area contributed by atoms with Crippen LogP contribution in [0.4, 0.5) is 27.5 Å². The Bertz CT molecular complexity index is 1240. The van der Waals surface area contributed by atoms with E-state index in [2.05, 4.69) is 32.5 Å². The van der Waals surface area contributed by atoms with Crippen molar-refractivity contribution < 1.29 is 12.8 Å². The van der Waals surface area contributed by atoms with Gasteiger partial charge in [-0.3, -0.25) is 0 Å². The monoisotopic (exact) mass is 484 g/mol. The number of hydrogen-bond donors (Lipinski definition) is 2. The minimum absolute atomic E-state index is 0.00698. The first kappa shape index (κ1) is 24.1. The largest absolute Gasteiger partial charge is 0.340 e. The summed E-state index contributed by atoms with van der Waals surface area (Å²) in [6.45, 7) is 3.48. The van der Waals surface area contributed by atoms with Crippen molar-refractivity contribution in [1.82, 2.24) is 19.2 Å². The van der Waals surface area contributed by atoms with Gasteiger partial charge in [0.05, 0.1) is 4.90 Å². The number of nitrogens with one attached hydrogen (secondary N) is 2. The molecule has 8 nitrogen and oxygen atoms in total. The fraction of sp³-hybridized carbons (Fsp3) is 0.333. The minimum atomic E-state index is -3.57. The Morgan fingerprint density at radius 1 is 1.03 bits per heavy atom. The van der Waals surface area contributed by atoms with Crippen LogP contribution in [0.2, 0.25) is 0 Å². The van der Waals surface area contributed by atoms with Gasteiger partial charge >= 0.3 is 0 Å². The highest BCUT2D eigenvalue weighted by Gasteiger charge is 2.30. The predicted octanol–water partition coefficient (Wildman–Crippen LogP) is 4.13. The molecule has 1 saturated heterocycles. The van der Waals surface area contributed by atoms with E-state index in [4.69, 9.17) is 0 Å². The lowest BCUT2D eigenvalue weighted by atomic mass is 10.1. The van der Waals surface area contributed by atoms with Gasteiger partial charge in [0.15, 0.2) is 0 Å². The highest BCUT2D eigenvalue weighted by molar-refractivity contribution is 7.89. The van der Waals surface area contributed by atoms with Gasteiger partial charge in [0.1, 0.15) is 11.6 Å². The van der Waals surface area contributed by atoms with Gasteiger partial charge < -0.3 is 15.5 Å². The third-order valence-electron chi connectivity index (χ3n) is 6.08. The van der Waals surface area contributed by atoms with Crippen LogP contribution in [-0.4, -0.2) is 60.8 Å². The standard InChI is InChI=1S/C24H29FN6O2S/c1-17-16-19(6-9-22(17)25)27-23-10-13-26-24(29-23)28-18-4-7-21(8-5-18)34(32,33)31(3)20-11-14-30(2)15-12-20/h4-10,13,16,20H,11-12,14-15H2,1-3H3,(H2,26,27,28,29). The molecule has 1 fully saturated rings. The maximum absolute atomic E-state index is 13.5. The minimum Gasteiger partial charge on any atom is -0.340 e. The van der Waals surface area contributed by atoms with E-state index in [1.165, 1.54) is 10.4 Å². The van der Waals surface area contributed by atoms with Crippen molar-refractivity contribution in [2.24, 2.45) is 0 Å². The molecule has 0 unspecified atom stereocenters. The van der Waals surface area contributed by atoms with E-state index in [1.807, 2.05) is 0 Å². The Morgan fingerprint density at radius 3 is 2.38 bits per heavy atom. The van der Waals surface area contributed by atoms with Crippen molar-refractivity contribution in [1.29, 1.82) is 0 Å². The third-order valence-corrected chi connectivity index (χ3v) is 8.00. The fourth-order valence-corrected chi connectivity index (χ4v) is 5.34. The van der Waals surface area contributed by atoms with Crippen LogP contribution >= 0.6 is 0 Å². The van der Waals surface area contributed by atoms with E-state index < -0.39 is 10.0 Å². The molecule has 0 radical (unpaired) electrons. The summed E-state index contributed by atoms with van der Waals surface area (Å²) in [6.07, 6.45) is 3.25. The first-order valence-corrected chi connectivity index (χ1v) is 12.6. The Kier molecular flexibility index (Phi) is 7.11. The topological polar surface area (TPSA) is 90.5 Å². The van der Waals surface area contributed by atoms with E-state index in [9.17, 15) is 12.8 Å². The van der Waals surface area contributed by atoms with Crippen molar-refractivity contribution >= 4 is 33.2 Å². The average Bonchev–Trinajstić information content (AvgIpc) is 2.82. The summed E-state index contributed by atoms with van der Waals surface area (Å²) in [5.41, 5.74) is 1.91. The van der Waals surface area contributed by atoms with Crippen molar-refractivity contribution in [3.63, 3.8) is 0 Å². The lowest BCUT2D eigenvalue weighted by Gasteiger charge is -2.34. The highest BCUT2D eigenvalue weighted by Crippen LogP contribution is 2.25. The molecule has 0 bridgehead atoms. The van der Waals surface area contributed by atoms with Crippen LogP contribution < -0.4 is 10.6 Å². The Morgan fingerprint density at radius 2 is 1.71 bits per heavy atom. The smallest absolute Gasteiger partial charge is 0.243 e. The van der Waals surface area contributed by atoms with Crippen molar-refractivity contribution in [2.45, 2.75) is 30.7 Å². The van der Waals surface area contributed by atoms with Gasteiger partial charge in [0.25, 0.3) is 0 Å². The van der Waals surface area contributed by atoms with Gasteiger partial charge in [-0.2, -0.15) is 9.29 Å². The molecule has 2 N–H and O–H groups in total. The fourth-order valence-electron chi connectivity index (χ4n) is 3.92. The lowest BCUT2D eigenvalue weighted by molar-refractivity contribution is 0.197. The molecule has 1 aromatic heterocycles. The lowest BCUT2D eigenvalue weighted by Crippen LogP contribution is -2.44. The molecule has 2 heterocycles. The molecule has 0 saturated carbocycles. The highest BCUT2D eigenvalue weighted by atomic mass is 32.2. The summed E-state index contributed by atoms with van der Waals surface area (Å²) >= 11 is 0. The van der Waals surface area contributed by atoms with Crippen LogP contribution in [0.5, 0.6) is 0 Å². The molecule has 4 rings (SSSR count). The van der Waals surface area contributed by atoms with Crippen LogP contribution in [0.1, 0.15) is 18.4 Å². The van der Waals surface area contributed by atoms with Gasteiger partial charge in [-0.05, 0) is 94.0 Å². The van der Waals surface area contributed by atoms with E-state index in [-0.39, 0.29) is 16.8 Å². The second-order valence-electron chi connectivity index (χ2n) is 8.56. The molecule has 3 aromatic rings. The molecule has 0 amide bonds. The van der Waals surface area contributed by atoms with E-state index >= 15 is 0 Å². The molecule has 0 spiro atoms. The molecule has 1 aliphatic heterocycles. The van der Waals surface area contributed by atoms with E-state index in [1.54, 1.807) is 62.6 Å².